The average Bonchev–Trinajstić information content (AvgIpc) is 3.40. The predicted octanol–water partition coefficient (Wildman–Crippen LogP) is 6.05. The van der Waals surface area contributed by atoms with E-state index in [9.17, 15) is 13.7 Å². The van der Waals surface area contributed by atoms with E-state index in [1.807, 2.05) is 43.5 Å². The number of aromatic amines is 1. The zero-order chi connectivity index (χ0) is 24.0. The number of aromatic nitrogens is 2. The lowest BCUT2D eigenvalue weighted by molar-refractivity contribution is 0.607. The molecule has 170 valence electrons. The van der Waals surface area contributed by atoms with Crippen LogP contribution in [-0.2, 0) is 10.0 Å². The Labute approximate surface area is 201 Å². The third-order valence-electron chi connectivity index (χ3n) is 5.77. The first-order chi connectivity index (χ1) is 16.2. The predicted molar refractivity (Wildman–Crippen MR) is 139 cm³/mol. The second kappa shape index (κ2) is 8.17. The number of fused-ring (bicyclic) bond motifs is 2. The molecule has 5 aromatic rings. The lowest BCUT2D eigenvalue weighted by Gasteiger charge is -2.13. The van der Waals surface area contributed by atoms with Gasteiger partial charge in [-0.2, -0.15) is 5.26 Å². The van der Waals surface area contributed by atoms with E-state index in [0.717, 1.165) is 60.3 Å². The van der Waals surface area contributed by atoms with Gasteiger partial charge in [-0.05, 0) is 60.9 Å². The van der Waals surface area contributed by atoms with Crippen molar-refractivity contribution >= 4 is 59.5 Å². The first-order valence-electron chi connectivity index (χ1n) is 10.5. The minimum absolute atomic E-state index is 0.459. The van der Waals surface area contributed by atoms with Crippen molar-refractivity contribution in [3.05, 3.63) is 71.5 Å². The summed E-state index contributed by atoms with van der Waals surface area (Å²) >= 11 is 1.51. The minimum atomic E-state index is -3.38. The Morgan fingerprint density at radius 2 is 1.94 bits per heavy atom. The van der Waals surface area contributed by atoms with Gasteiger partial charge in [-0.15, -0.1) is 11.3 Å². The lowest BCUT2D eigenvalue weighted by atomic mass is 10.0. The van der Waals surface area contributed by atoms with Gasteiger partial charge in [0.05, 0.1) is 17.5 Å². The second-order valence-electron chi connectivity index (χ2n) is 8.15. The number of rotatable bonds is 5. The quantitative estimate of drug-likeness (QED) is 0.280. The topological polar surface area (TPSA) is 111 Å². The number of nitriles is 1. The van der Waals surface area contributed by atoms with E-state index in [1.54, 1.807) is 18.3 Å². The summed E-state index contributed by atoms with van der Waals surface area (Å²) in [5.41, 5.74) is 6.59. The molecule has 5 rings (SSSR count). The normalized spacial score (nSPS) is 11.6. The number of anilines is 3. The van der Waals surface area contributed by atoms with E-state index in [4.69, 9.17) is 0 Å². The van der Waals surface area contributed by atoms with Crippen molar-refractivity contribution in [2.45, 2.75) is 13.8 Å². The summed E-state index contributed by atoms with van der Waals surface area (Å²) < 4.78 is 25.9. The maximum Gasteiger partial charge on any atom is 0.229 e. The van der Waals surface area contributed by atoms with Gasteiger partial charge >= 0.3 is 0 Å². The lowest BCUT2D eigenvalue weighted by Crippen LogP contribution is -2.09. The summed E-state index contributed by atoms with van der Waals surface area (Å²) in [6.45, 7) is 4.05. The second-order valence-corrected chi connectivity index (χ2v) is 10.9. The fourth-order valence-corrected chi connectivity index (χ4v) is 5.90. The van der Waals surface area contributed by atoms with E-state index in [-0.39, 0.29) is 0 Å². The Morgan fingerprint density at radius 1 is 1.12 bits per heavy atom. The standard InChI is InChI=1S/C25H21N5O2S2/c1-14-19-9-10-27-21(19)8-7-20(14)29-23-17(12-26)13-28-25-22(23)15(2)24(33-25)16-5-4-6-18(11-16)30-34(3,31)32/h4-11,13,27,30H,1-3H3,(H,28,29). The van der Waals surface area contributed by atoms with Crippen LogP contribution in [0.4, 0.5) is 17.1 Å². The number of nitrogens with zero attached hydrogens (tertiary/aromatic N) is 2. The average molecular weight is 488 g/mol. The van der Waals surface area contributed by atoms with Gasteiger partial charge in [0.25, 0.3) is 0 Å². The number of hydrogen-bond acceptors (Lipinski definition) is 6. The number of pyridine rings is 1. The molecule has 7 nitrogen and oxygen atoms in total. The number of hydrogen-bond donors (Lipinski definition) is 3. The molecule has 9 heteroatoms. The third-order valence-corrected chi connectivity index (χ3v) is 7.63. The Hall–Kier alpha value is -3.87. The summed E-state index contributed by atoms with van der Waals surface area (Å²) in [6, 6.07) is 15.6. The van der Waals surface area contributed by atoms with E-state index < -0.39 is 10.0 Å². The number of benzene rings is 2. The van der Waals surface area contributed by atoms with Crippen LogP contribution in [-0.4, -0.2) is 24.6 Å². The highest BCUT2D eigenvalue weighted by Crippen LogP contribution is 2.43. The van der Waals surface area contributed by atoms with E-state index in [2.05, 4.69) is 33.0 Å². The maximum absolute atomic E-state index is 11.7. The summed E-state index contributed by atoms with van der Waals surface area (Å²) in [7, 11) is -3.38. The van der Waals surface area contributed by atoms with Gasteiger partial charge in [0.15, 0.2) is 0 Å². The zero-order valence-corrected chi connectivity index (χ0v) is 20.4. The van der Waals surface area contributed by atoms with Gasteiger partial charge in [-0.3, -0.25) is 4.72 Å². The smallest absolute Gasteiger partial charge is 0.229 e. The first-order valence-corrected chi connectivity index (χ1v) is 13.2. The van der Waals surface area contributed by atoms with Crippen molar-refractivity contribution in [1.29, 1.82) is 5.26 Å². The summed E-state index contributed by atoms with van der Waals surface area (Å²) in [5.74, 6) is 0. The molecule has 3 heterocycles. The maximum atomic E-state index is 11.7. The Bertz CT molecular complexity index is 1730. The molecular weight excluding hydrogens is 466 g/mol. The molecule has 0 atom stereocenters. The largest absolute Gasteiger partial charge is 0.361 e. The molecule has 0 aliphatic rings. The molecule has 3 aromatic heterocycles. The summed E-state index contributed by atoms with van der Waals surface area (Å²) in [5, 5.41) is 15.3. The SMILES string of the molecule is Cc1c(Nc2c(C#N)cnc3sc(-c4cccc(NS(C)(=O)=O)c4)c(C)c23)ccc2[nH]ccc12. The van der Waals surface area contributed by atoms with Gasteiger partial charge in [-0.1, -0.05) is 12.1 Å². The van der Waals surface area contributed by atoms with Crippen LogP contribution in [0.15, 0.2) is 54.9 Å². The van der Waals surface area contributed by atoms with Crippen molar-refractivity contribution in [3.63, 3.8) is 0 Å². The molecule has 0 saturated carbocycles. The molecule has 0 amide bonds. The number of nitrogens with one attached hydrogen (secondary N) is 3. The van der Waals surface area contributed by atoms with Crippen molar-refractivity contribution in [1.82, 2.24) is 9.97 Å². The molecule has 0 aliphatic heterocycles. The number of sulfonamides is 1. The van der Waals surface area contributed by atoms with Crippen LogP contribution in [0.1, 0.15) is 16.7 Å². The molecule has 0 bridgehead atoms. The Kier molecular flexibility index (Phi) is 5.27. The van der Waals surface area contributed by atoms with Crippen LogP contribution in [0.3, 0.4) is 0 Å². The fourth-order valence-electron chi connectivity index (χ4n) is 4.19. The molecule has 0 aliphatic carbocycles. The molecule has 34 heavy (non-hydrogen) atoms. The molecular formula is C25H21N5O2S2. The van der Waals surface area contributed by atoms with Gasteiger partial charge in [0.2, 0.25) is 10.0 Å². The van der Waals surface area contributed by atoms with Crippen molar-refractivity contribution < 1.29 is 8.42 Å². The highest BCUT2D eigenvalue weighted by Gasteiger charge is 2.19. The van der Waals surface area contributed by atoms with E-state index in [0.29, 0.717) is 11.3 Å². The van der Waals surface area contributed by atoms with Crippen LogP contribution in [0.2, 0.25) is 0 Å². The third kappa shape index (κ3) is 3.87. The Balaban J connectivity index is 1.66. The molecule has 3 N–H and O–H groups in total. The number of thiophene rings is 1. The first kappa shape index (κ1) is 21.9. The van der Waals surface area contributed by atoms with Crippen LogP contribution in [0.25, 0.3) is 31.6 Å². The highest BCUT2D eigenvalue weighted by molar-refractivity contribution is 7.92. The summed E-state index contributed by atoms with van der Waals surface area (Å²) in [6.07, 6.45) is 4.63. The van der Waals surface area contributed by atoms with Gasteiger partial charge in [0.1, 0.15) is 10.9 Å². The minimum Gasteiger partial charge on any atom is -0.361 e. The Morgan fingerprint density at radius 3 is 2.71 bits per heavy atom. The van der Waals surface area contributed by atoms with E-state index >= 15 is 0 Å². The van der Waals surface area contributed by atoms with Crippen molar-refractivity contribution in [2.75, 3.05) is 16.3 Å². The molecule has 2 aromatic carbocycles. The van der Waals surface area contributed by atoms with Crippen molar-refractivity contribution in [2.24, 2.45) is 0 Å². The van der Waals surface area contributed by atoms with Crippen LogP contribution in [0, 0.1) is 25.2 Å². The van der Waals surface area contributed by atoms with Gasteiger partial charge < -0.3 is 10.3 Å². The molecule has 0 saturated heterocycles. The zero-order valence-electron chi connectivity index (χ0n) is 18.7. The molecule has 0 unspecified atom stereocenters. The van der Waals surface area contributed by atoms with E-state index in [1.165, 1.54) is 11.3 Å². The monoisotopic (exact) mass is 487 g/mol. The molecule has 0 fully saturated rings. The van der Waals surface area contributed by atoms with Crippen LogP contribution >= 0.6 is 11.3 Å². The summed E-state index contributed by atoms with van der Waals surface area (Å²) in [4.78, 5) is 9.54. The van der Waals surface area contributed by atoms with Gasteiger partial charge in [0, 0.05) is 44.9 Å². The number of H-pyrrole nitrogens is 1. The van der Waals surface area contributed by atoms with Crippen LogP contribution < -0.4 is 10.0 Å². The van der Waals surface area contributed by atoms with Crippen molar-refractivity contribution in [3.8, 4) is 16.5 Å². The molecule has 0 spiro atoms. The fraction of sp³-hybridized carbons (Fsp3) is 0.120. The van der Waals surface area contributed by atoms with Gasteiger partial charge in [-0.25, -0.2) is 13.4 Å². The number of aryl methyl sites for hydroxylation is 2. The molecule has 0 radical (unpaired) electrons. The van der Waals surface area contributed by atoms with Crippen LogP contribution in [0.5, 0.6) is 0 Å². The highest BCUT2D eigenvalue weighted by atomic mass is 32.2.